The van der Waals surface area contributed by atoms with Crippen molar-refractivity contribution in [1.29, 1.82) is 0 Å². The fourth-order valence-corrected chi connectivity index (χ4v) is 3.76. The van der Waals surface area contributed by atoms with Crippen molar-refractivity contribution in [2.24, 2.45) is 0 Å². The second-order valence-electron chi connectivity index (χ2n) is 5.47. The number of carbonyl (C=O) groups is 1. The van der Waals surface area contributed by atoms with Crippen molar-refractivity contribution in [3.63, 3.8) is 0 Å². The third-order valence-electron chi connectivity index (χ3n) is 3.41. The molecule has 2 N–H and O–H groups in total. The Morgan fingerprint density at radius 1 is 1.39 bits per heavy atom. The Bertz CT molecular complexity index is 728. The highest BCUT2D eigenvalue weighted by Crippen LogP contribution is 2.23. The average Bonchev–Trinajstić information content (AvgIpc) is 2.93. The first-order valence-electron chi connectivity index (χ1n) is 7.28. The number of thiazole rings is 1. The largest absolute Gasteiger partial charge is 0.337 e. The summed E-state index contributed by atoms with van der Waals surface area (Å²) in [6, 6.07) is 5.18. The Balaban J connectivity index is 1.99. The number of amides is 2. The molecule has 1 aromatic heterocycles. The number of rotatable bonds is 5. The first kappa shape index (κ1) is 17.6. The van der Waals surface area contributed by atoms with Gasteiger partial charge in [-0.05, 0) is 25.5 Å². The van der Waals surface area contributed by atoms with Crippen molar-refractivity contribution < 1.29 is 9.00 Å². The SMILES string of the molecule is Cc1csc([C@@H](C)CNC(=O)Nc2c(C)cccc2[S@@](C)=O)n1. The molecule has 1 heterocycles. The lowest BCUT2D eigenvalue weighted by Gasteiger charge is -2.14. The van der Waals surface area contributed by atoms with Gasteiger partial charge in [0.05, 0.1) is 26.4 Å². The summed E-state index contributed by atoms with van der Waals surface area (Å²) < 4.78 is 11.8. The van der Waals surface area contributed by atoms with Crippen LogP contribution in [0.25, 0.3) is 0 Å². The van der Waals surface area contributed by atoms with Gasteiger partial charge in [-0.25, -0.2) is 9.78 Å². The van der Waals surface area contributed by atoms with Crippen LogP contribution in [0.3, 0.4) is 0 Å². The zero-order chi connectivity index (χ0) is 17.0. The minimum absolute atomic E-state index is 0.149. The molecule has 0 spiro atoms. The van der Waals surface area contributed by atoms with Crippen LogP contribution in [0.2, 0.25) is 0 Å². The third kappa shape index (κ3) is 4.62. The van der Waals surface area contributed by atoms with Crippen molar-refractivity contribution in [2.75, 3.05) is 18.1 Å². The minimum Gasteiger partial charge on any atom is -0.337 e. The molecule has 0 bridgehead atoms. The smallest absolute Gasteiger partial charge is 0.319 e. The summed E-state index contributed by atoms with van der Waals surface area (Å²) in [7, 11) is -1.16. The van der Waals surface area contributed by atoms with E-state index in [4.69, 9.17) is 0 Å². The Kier molecular flexibility index (Phi) is 5.90. The fraction of sp³-hybridized carbons (Fsp3) is 0.375. The molecule has 1 aromatic carbocycles. The molecule has 0 unspecified atom stereocenters. The number of nitrogens with one attached hydrogen (secondary N) is 2. The molecule has 0 aliphatic carbocycles. The van der Waals surface area contributed by atoms with Crippen LogP contribution in [0.1, 0.15) is 29.1 Å². The number of anilines is 1. The van der Waals surface area contributed by atoms with Crippen molar-refractivity contribution in [1.82, 2.24) is 10.3 Å². The molecule has 2 rings (SSSR count). The van der Waals surface area contributed by atoms with Gasteiger partial charge in [0.15, 0.2) is 0 Å². The molecule has 5 nitrogen and oxygen atoms in total. The number of hydrogen-bond acceptors (Lipinski definition) is 4. The summed E-state index contributed by atoms with van der Waals surface area (Å²) in [6.45, 7) is 6.36. The molecule has 7 heteroatoms. The molecule has 2 atom stereocenters. The van der Waals surface area contributed by atoms with Gasteiger partial charge in [-0.1, -0.05) is 19.1 Å². The molecule has 2 amide bonds. The topological polar surface area (TPSA) is 71.1 Å². The summed E-state index contributed by atoms with van der Waals surface area (Å²) in [5, 5.41) is 8.67. The summed E-state index contributed by atoms with van der Waals surface area (Å²) in [5.41, 5.74) is 2.50. The summed E-state index contributed by atoms with van der Waals surface area (Å²) >= 11 is 1.60. The van der Waals surface area contributed by atoms with E-state index in [2.05, 4.69) is 15.6 Å². The average molecular weight is 351 g/mol. The molecule has 0 aliphatic heterocycles. The number of hydrogen-bond donors (Lipinski definition) is 2. The van der Waals surface area contributed by atoms with Gasteiger partial charge in [-0.15, -0.1) is 11.3 Å². The fourth-order valence-electron chi connectivity index (χ4n) is 2.13. The number of urea groups is 1. The van der Waals surface area contributed by atoms with Gasteiger partial charge in [0.2, 0.25) is 0 Å². The van der Waals surface area contributed by atoms with Crippen LogP contribution in [-0.2, 0) is 10.8 Å². The van der Waals surface area contributed by atoms with Crippen LogP contribution in [0.5, 0.6) is 0 Å². The molecule has 0 saturated heterocycles. The number of benzene rings is 1. The van der Waals surface area contributed by atoms with Crippen LogP contribution in [0, 0.1) is 13.8 Å². The Hall–Kier alpha value is -1.73. The van der Waals surface area contributed by atoms with E-state index < -0.39 is 10.8 Å². The monoisotopic (exact) mass is 351 g/mol. The van der Waals surface area contributed by atoms with E-state index in [0.717, 1.165) is 16.3 Å². The second kappa shape index (κ2) is 7.70. The van der Waals surface area contributed by atoms with E-state index in [9.17, 15) is 9.00 Å². The predicted octanol–water partition coefficient (Wildman–Crippen LogP) is 3.42. The maximum absolute atomic E-state index is 12.1. The van der Waals surface area contributed by atoms with E-state index in [0.29, 0.717) is 17.1 Å². The molecular formula is C16H21N3O2S2. The van der Waals surface area contributed by atoms with Crippen molar-refractivity contribution >= 4 is 33.9 Å². The van der Waals surface area contributed by atoms with Gasteiger partial charge in [0, 0.05) is 29.8 Å². The van der Waals surface area contributed by atoms with E-state index >= 15 is 0 Å². The standard InChI is InChI=1S/C16H21N3O2S2/c1-10-6-5-7-13(23(4)21)14(10)19-16(20)17-8-11(2)15-18-12(3)9-22-15/h5-7,9,11H,8H2,1-4H3,(H2,17,19,20)/t11-,23+/m0/s1. The Morgan fingerprint density at radius 2 is 2.13 bits per heavy atom. The molecule has 0 saturated carbocycles. The maximum atomic E-state index is 12.1. The quantitative estimate of drug-likeness (QED) is 0.867. The van der Waals surface area contributed by atoms with Gasteiger partial charge >= 0.3 is 6.03 Å². The van der Waals surface area contributed by atoms with Crippen LogP contribution >= 0.6 is 11.3 Å². The number of carbonyl (C=O) groups excluding carboxylic acids is 1. The zero-order valence-corrected chi connectivity index (χ0v) is 15.3. The van der Waals surface area contributed by atoms with Gasteiger partial charge in [-0.3, -0.25) is 4.21 Å². The Labute approximate surface area is 143 Å². The molecule has 0 radical (unpaired) electrons. The van der Waals surface area contributed by atoms with E-state index in [1.54, 1.807) is 23.7 Å². The van der Waals surface area contributed by atoms with Crippen LogP contribution in [-0.4, -0.2) is 28.0 Å². The normalized spacial score (nSPS) is 13.4. The zero-order valence-electron chi connectivity index (χ0n) is 13.7. The molecule has 124 valence electrons. The van der Waals surface area contributed by atoms with Gasteiger partial charge in [-0.2, -0.15) is 0 Å². The van der Waals surface area contributed by atoms with Crippen molar-refractivity contribution in [3.8, 4) is 0 Å². The lowest BCUT2D eigenvalue weighted by Crippen LogP contribution is -2.32. The first-order valence-corrected chi connectivity index (χ1v) is 9.72. The van der Waals surface area contributed by atoms with Crippen LogP contribution < -0.4 is 10.6 Å². The number of aryl methyl sites for hydroxylation is 2. The van der Waals surface area contributed by atoms with Crippen molar-refractivity contribution in [2.45, 2.75) is 31.6 Å². The lowest BCUT2D eigenvalue weighted by atomic mass is 10.2. The highest BCUT2D eigenvalue weighted by molar-refractivity contribution is 7.84. The summed E-state index contributed by atoms with van der Waals surface area (Å²) in [6.07, 6.45) is 1.60. The predicted molar refractivity (Wildman–Crippen MR) is 95.8 cm³/mol. The molecular weight excluding hydrogens is 330 g/mol. The molecule has 2 aromatic rings. The molecule has 23 heavy (non-hydrogen) atoms. The minimum atomic E-state index is -1.16. The lowest BCUT2D eigenvalue weighted by molar-refractivity contribution is 0.251. The van der Waals surface area contributed by atoms with E-state index in [1.165, 1.54) is 0 Å². The van der Waals surface area contributed by atoms with E-state index in [1.807, 2.05) is 38.3 Å². The first-order chi connectivity index (χ1) is 10.9. The summed E-state index contributed by atoms with van der Waals surface area (Å²) in [5.74, 6) is 0.149. The molecule has 0 aliphatic rings. The van der Waals surface area contributed by atoms with Crippen molar-refractivity contribution in [3.05, 3.63) is 39.8 Å². The van der Waals surface area contributed by atoms with Gasteiger partial charge < -0.3 is 10.6 Å². The molecule has 0 fully saturated rings. The number of aromatic nitrogens is 1. The second-order valence-corrected chi connectivity index (χ2v) is 7.70. The number of nitrogens with zero attached hydrogens (tertiary/aromatic N) is 1. The maximum Gasteiger partial charge on any atom is 0.319 e. The Morgan fingerprint density at radius 3 is 2.74 bits per heavy atom. The van der Waals surface area contributed by atoms with E-state index in [-0.39, 0.29) is 11.9 Å². The van der Waals surface area contributed by atoms with Crippen LogP contribution in [0.4, 0.5) is 10.5 Å². The van der Waals surface area contributed by atoms with Crippen LogP contribution in [0.15, 0.2) is 28.5 Å². The highest BCUT2D eigenvalue weighted by Gasteiger charge is 2.14. The van der Waals surface area contributed by atoms with Gasteiger partial charge in [0.1, 0.15) is 0 Å². The summed E-state index contributed by atoms with van der Waals surface area (Å²) in [4.78, 5) is 17.2. The number of para-hydroxylation sites is 1. The highest BCUT2D eigenvalue weighted by atomic mass is 32.2. The van der Waals surface area contributed by atoms with Gasteiger partial charge in [0.25, 0.3) is 0 Å². The third-order valence-corrected chi connectivity index (χ3v) is 5.56.